The zero-order valence-electron chi connectivity index (χ0n) is 11.2. The first-order valence-electron chi connectivity index (χ1n) is 6.49. The minimum atomic E-state index is -0.573. The monoisotopic (exact) mass is 291 g/mol. The third kappa shape index (κ3) is 2.25. The summed E-state index contributed by atoms with van der Waals surface area (Å²) in [5.74, 6) is -0.137. The number of hydrogen-bond donors (Lipinski definition) is 2. The first-order chi connectivity index (χ1) is 10.1. The molecule has 3 heterocycles. The fourth-order valence-corrected chi connectivity index (χ4v) is 2.47. The number of azide groups is 1. The smallest absolute Gasteiger partial charge is 0.279 e. The van der Waals surface area contributed by atoms with Gasteiger partial charge in [0.05, 0.1) is 18.5 Å². The van der Waals surface area contributed by atoms with Crippen LogP contribution in [-0.2, 0) is 4.74 Å². The Morgan fingerprint density at radius 2 is 2.52 bits per heavy atom. The highest BCUT2D eigenvalue weighted by molar-refractivity contribution is 5.70. The average molecular weight is 291 g/mol. The highest BCUT2D eigenvalue weighted by Crippen LogP contribution is 2.31. The summed E-state index contributed by atoms with van der Waals surface area (Å²) in [6.45, 7) is 1.92. The van der Waals surface area contributed by atoms with E-state index in [9.17, 15) is 9.90 Å². The van der Waals surface area contributed by atoms with E-state index in [0.29, 0.717) is 12.8 Å². The molecular formula is C11H13N7O3. The van der Waals surface area contributed by atoms with Gasteiger partial charge < -0.3 is 14.8 Å². The Morgan fingerprint density at radius 3 is 3.19 bits per heavy atom. The second-order valence-corrected chi connectivity index (χ2v) is 4.74. The molecule has 0 bridgehead atoms. The standard InChI is InChI=1S/C11H13N7O3/c1-2-6-5(19)3-7(21-6)18-4-13-8-9(18)14-11(16-17-12)15-10(8)20/h4-7,19H,2-3H2,1H3,(H,14,15,20)/t5-,6-,7-/m1/s1. The van der Waals surface area contributed by atoms with Gasteiger partial charge in [-0.3, -0.25) is 9.36 Å². The molecule has 3 atom stereocenters. The van der Waals surface area contributed by atoms with Crippen molar-refractivity contribution in [3.8, 4) is 0 Å². The third-order valence-corrected chi connectivity index (χ3v) is 3.48. The van der Waals surface area contributed by atoms with E-state index < -0.39 is 17.9 Å². The Bertz CT molecular complexity index is 776. The number of fused-ring (bicyclic) bond motifs is 1. The number of aliphatic hydroxyl groups is 1. The molecular weight excluding hydrogens is 278 g/mol. The number of ether oxygens (including phenoxy) is 1. The summed E-state index contributed by atoms with van der Waals surface area (Å²) in [7, 11) is 0. The molecule has 10 heteroatoms. The van der Waals surface area contributed by atoms with Crippen molar-refractivity contribution in [1.82, 2.24) is 19.5 Å². The molecule has 2 N–H and O–H groups in total. The number of aromatic nitrogens is 4. The Balaban J connectivity index is 2.08. The minimum absolute atomic E-state index is 0.130. The SMILES string of the molecule is CC[C@H]1O[C@@H](n2cnc3c(=O)[nH]c(N=[N+]=[N-])nc32)C[C@H]1O. The molecule has 0 aromatic carbocycles. The lowest BCUT2D eigenvalue weighted by Gasteiger charge is -2.13. The topological polar surface area (TPSA) is 142 Å². The number of nitrogens with zero attached hydrogens (tertiary/aromatic N) is 6. The first kappa shape index (κ1) is 13.6. The summed E-state index contributed by atoms with van der Waals surface area (Å²) in [6.07, 6.45) is 1.21. The van der Waals surface area contributed by atoms with Gasteiger partial charge in [0.2, 0.25) is 0 Å². The van der Waals surface area contributed by atoms with Gasteiger partial charge in [0.25, 0.3) is 5.56 Å². The number of aromatic amines is 1. The highest BCUT2D eigenvalue weighted by atomic mass is 16.5. The molecule has 1 aliphatic heterocycles. The maximum absolute atomic E-state index is 11.8. The fraction of sp³-hybridized carbons (Fsp3) is 0.545. The van der Waals surface area contributed by atoms with Crippen molar-refractivity contribution in [2.45, 2.75) is 38.2 Å². The van der Waals surface area contributed by atoms with Gasteiger partial charge in [-0.15, -0.1) is 0 Å². The first-order valence-corrected chi connectivity index (χ1v) is 6.49. The molecule has 2 aromatic heterocycles. The van der Waals surface area contributed by atoms with Crippen LogP contribution < -0.4 is 5.56 Å². The lowest BCUT2D eigenvalue weighted by molar-refractivity contribution is -0.0183. The number of hydrogen-bond acceptors (Lipinski definition) is 6. The van der Waals surface area contributed by atoms with Crippen LogP contribution in [0.25, 0.3) is 21.6 Å². The molecule has 3 rings (SSSR count). The van der Waals surface area contributed by atoms with Crippen LogP contribution in [-0.4, -0.2) is 36.8 Å². The molecule has 1 saturated heterocycles. The van der Waals surface area contributed by atoms with E-state index in [1.165, 1.54) is 6.33 Å². The lowest BCUT2D eigenvalue weighted by atomic mass is 10.1. The lowest BCUT2D eigenvalue weighted by Crippen LogP contribution is -2.19. The maximum Gasteiger partial charge on any atom is 0.279 e. The van der Waals surface area contributed by atoms with Crippen molar-refractivity contribution in [2.24, 2.45) is 5.11 Å². The molecule has 110 valence electrons. The van der Waals surface area contributed by atoms with Gasteiger partial charge in [-0.2, -0.15) is 0 Å². The second-order valence-electron chi connectivity index (χ2n) is 4.74. The minimum Gasteiger partial charge on any atom is -0.390 e. The van der Waals surface area contributed by atoms with Crippen LogP contribution in [0.5, 0.6) is 0 Å². The number of nitrogens with one attached hydrogen (secondary N) is 1. The van der Waals surface area contributed by atoms with Gasteiger partial charge in [0.1, 0.15) is 6.23 Å². The maximum atomic E-state index is 11.8. The van der Waals surface area contributed by atoms with Gasteiger partial charge in [-0.05, 0) is 17.1 Å². The van der Waals surface area contributed by atoms with Crippen LogP contribution in [0.1, 0.15) is 26.0 Å². The molecule has 1 aliphatic rings. The van der Waals surface area contributed by atoms with Gasteiger partial charge in [-0.25, -0.2) is 9.97 Å². The third-order valence-electron chi connectivity index (χ3n) is 3.48. The number of H-pyrrole nitrogens is 1. The average Bonchev–Trinajstić information content (AvgIpc) is 3.02. The zero-order chi connectivity index (χ0) is 15.0. The van der Waals surface area contributed by atoms with E-state index in [2.05, 4.69) is 25.0 Å². The van der Waals surface area contributed by atoms with Crippen molar-refractivity contribution in [3.05, 3.63) is 27.1 Å². The molecule has 21 heavy (non-hydrogen) atoms. The molecule has 0 spiro atoms. The van der Waals surface area contributed by atoms with Crippen LogP contribution in [0.2, 0.25) is 0 Å². The molecule has 2 aromatic rings. The Morgan fingerprint density at radius 1 is 1.71 bits per heavy atom. The van der Waals surface area contributed by atoms with Crippen LogP contribution >= 0.6 is 0 Å². The summed E-state index contributed by atoms with van der Waals surface area (Å²) in [5, 5.41) is 13.2. The molecule has 0 aliphatic carbocycles. The second kappa shape index (κ2) is 5.17. The van der Waals surface area contributed by atoms with Crippen LogP contribution in [0.15, 0.2) is 16.2 Å². The van der Waals surface area contributed by atoms with Crippen LogP contribution in [0.4, 0.5) is 5.95 Å². The molecule has 0 radical (unpaired) electrons. The van der Waals surface area contributed by atoms with Crippen molar-refractivity contribution in [3.63, 3.8) is 0 Å². The summed E-state index contributed by atoms with van der Waals surface area (Å²) >= 11 is 0. The Hall–Kier alpha value is -2.42. The van der Waals surface area contributed by atoms with Gasteiger partial charge in [-0.1, -0.05) is 6.92 Å². The molecule has 1 fully saturated rings. The Kier molecular flexibility index (Phi) is 3.34. The van der Waals surface area contributed by atoms with Crippen molar-refractivity contribution in [1.29, 1.82) is 0 Å². The molecule has 10 nitrogen and oxygen atoms in total. The summed E-state index contributed by atoms with van der Waals surface area (Å²) in [4.78, 5) is 24.8. The summed E-state index contributed by atoms with van der Waals surface area (Å²) in [5.41, 5.74) is 8.33. The summed E-state index contributed by atoms with van der Waals surface area (Å²) < 4.78 is 7.30. The van der Waals surface area contributed by atoms with Crippen molar-refractivity contribution < 1.29 is 9.84 Å². The Labute approximate surface area is 118 Å². The normalized spacial score (nSPS) is 25.1. The number of aliphatic hydroxyl groups excluding tert-OH is 1. The van der Waals surface area contributed by atoms with E-state index in [4.69, 9.17) is 10.3 Å². The molecule has 0 amide bonds. The van der Waals surface area contributed by atoms with Crippen molar-refractivity contribution in [2.75, 3.05) is 0 Å². The molecule has 0 unspecified atom stereocenters. The van der Waals surface area contributed by atoms with Gasteiger partial charge in [0, 0.05) is 11.3 Å². The van der Waals surface area contributed by atoms with E-state index in [0.717, 1.165) is 0 Å². The van der Waals surface area contributed by atoms with E-state index >= 15 is 0 Å². The van der Waals surface area contributed by atoms with Gasteiger partial charge in [0.15, 0.2) is 17.1 Å². The predicted molar refractivity (Wildman–Crippen MR) is 71.8 cm³/mol. The largest absolute Gasteiger partial charge is 0.390 e. The number of rotatable bonds is 3. The number of imidazole rings is 1. The fourth-order valence-electron chi connectivity index (χ4n) is 2.47. The van der Waals surface area contributed by atoms with E-state index in [1.54, 1.807) is 4.57 Å². The van der Waals surface area contributed by atoms with E-state index in [-0.39, 0.29) is 23.2 Å². The predicted octanol–water partition coefficient (Wildman–Crippen LogP) is 1.12. The molecule has 0 saturated carbocycles. The van der Waals surface area contributed by atoms with Gasteiger partial charge >= 0.3 is 0 Å². The highest BCUT2D eigenvalue weighted by Gasteiger charge is 2.34. The summed E-state index contributed by atoms with van der Waals surface area (Å²) in [6, 6.07) is 0. The van der Waals surface area contributed by atoms with Crippen molar-refractivity contribution >= 4 is 17.1 Å². The van der Waals surface area contributed by atoms with Crippen LogP contribution in [0, 0.1) is 0 Å². The quantitative estimate of drug-likeness (QED) is 0.495. The zero-order valence-corrected chi connectivity index (χ0v) is 11.2. The van der Waals surface area contributed by atoms with Crippen LogP contribution in [0.3, 0.4) is 0 Å². The van der Waals surface area contributed by atoms with E-state index in [1.807, 2.05) is 6.92 Å².